The monoisotopic (exact) mass is 413 g/mol. The summed E-state index contributed by atoms with van der Waals surface area (Å²) in [4.78, 5) is 37.3. The average molecular weight is 413 g/mol. The van der Waals surface area contributed by atoms with Crippen molar-refractivity contribution in [1.82, 2.24) is 10.2 Å². The van der Waals surface area contributed by atoms with Crippen LogP contribution in [0.3, 0.4) is 0 Å². The lowest BCUT2D eigenvalue weighted by molar-refractivity contribution is -0.121. The van der Waals surface area contributed by atoms with E-state index in [2.05, 4.69) is 10.6 Å². The molecule has 2 aromatic carbocycles. The van der Waals surface area contributed by atoms with Gasteiger partial charge < -0.3 is 25.1 Å². The third kappa shape index (κ3) is 4.27. The number of benzene rings is 2. The van der Waals surface area contributed by atoms with Crippen LogP contribution >= 0.6 is 0 Å². The van der Waals surface area contributed by atoms with Crippen LogP contribution in [0.15, 0.2) is 36.4 Å². The molecule has 1 heterocycles. The molecule has 1 atom stereocenters. The Morgan fingerprint density at radius 3 is 2.73 bits per heavy atom. The van der Waals surface area contributed by atoms with Gasteiger partial charge in [-0.3, -0.25) is 9.59 Å². The minimum absolute atomic E-state index is 0.000221. The van der Waals surface area contributed by atoms with E-state index < -0.39 is 6.04 Å². The molecule has 158 valence electrons. The number of halogens is 1. The van der Waals surface area contributed by atoms with Crippen LogP contribution in [0.5, 0.6) is 5.75 Å². The molecule has 2 aromatic rings. The van der Waals surface area contributed by atoms with Crippen LogP contribution in [-0.2, 0) is 22.7 Å². The summed E-state index contributed by atoms with van der Waals surface area (Å²) in [6.45, 7) is 0.195. The zero-order chi connectivity index (χ0) is 21.7. The van der Waals surface area contributed by atoms with Gasteiger partial charge in [0.25, 0.3) is 5.91 Å². The molecule has 2 amide bonds. The minimum Gasteiger partial charge on any atom is -0.488 e. The normalized spacial score (nSPS) is 13.6. The Balaban J connectivity index is 1.76. The van der Waals surface area contributed by atoms with E-state index in [1.54, 1.807) is 43.4 Å². The first-order chi connectivity index (χ1) is 14.5. The second kappa shape index (κ2) is 9.39. The van der Waals surface area contributed by atoms with E-state index >= 15 is 0 Å². The minimum atomic E-state index is -0.709. The van der Waals surface area contributed by atoms with Gasteiger partial charge in [0.05, 0.1) is 18.3 Å². The van der Waals surface area contributed by atoms with E-state index in [1.807, 2.05) is 0 Å². The molecule has 0 bridgehead atoms. The fraction of sp³-hybridized carbons (Fsp3) is 0.318. The van der Waals surface area contributed by atoms with Crippen LogP contribution in [-0.4, -0.2) is 43.1 Å². The van der Waals surface area contributed by atoms with Crippen LogP contribution in [0.25, 0.3) is 0 Å². The molecule has 0 spiro atoms. The molecule has 0 fully saturated rings. The highest BCUT2D eigenvalue weighted by Crippen LogP contribution is 2.33. The fourth-order valence-corrected chi connectivity index (χ4v) is 3.47. The second-order valence-electron chi connectivity index (χ2n) is 6.95. The third-order valence-corrected chi connectivity index (χ3v) is 5.19. The number of carbonyl (C=O) groups excluding carboxylic acids is 3. The summed E-state index contributed by atoms with van der Waals surface area (Å²) in [5.74, 6) is -0.400. The highest BCUT2D eigenvalue weighted by Gasteiger charge is 2.34. The van der Waals surface area contributed by atoms with Gasteiger partial charge in [0.2, 0.25) is 5.91 Å². The number of hydrogen-bond acceptors (Lipinski definition) is 5. The Labute approximate surface area is 174 Å². The maximum absolute atomic E-state index is 14.4. The average Bonchev–Trinajstić information content (AvgIpc) is 3.10. The maximum Gasteiger partial charge on any atom is 0.255 e. The molecule has 0 aromatic heterocycles. The first kappa shape index (κ1) is 21.3. The van der Waals surface area contributed by atoms with Gasteiger partial charge in [0.1, 0.15) is 18.6 Å². The molecule has 0 saturated heterocycles. The number of nitrogens with zero attached hydrogens (tertiary/aromatic N) is 1. The summed E-state index contributed by atoms with van der Waals surface area (Å²) >= 11 is 0. The molecular formula is C22H24FN3O4. The Morgan fingerprint density at radius 1 is 1.27 bits per heavy atom. The van der Waals surface area contributed by atoms with Gasteiger partial charge in [-0.05, 0) is 24.6 Å². The van der Waals surface area contributed by atoms with Crippen LogP contribution in [0.4, 0.5) is 10.1 Å². The Morgan fingerprint density at radius 2 is 2.03 bits per heavy atom. The van der Waals surface area contributed by atoms with Crippen LogP contribution in [0, 0.1) is 5.82 Å². The summed E-state index contributed by atoms with van der Waals surface area (Å²) < 4.78 is 20.3. The molecule has 30 heavy (non-hydrogen) atoms. The van der Waals surface area contributed by atoms with E-state index in [1.165, 1.54) is 11.9 Å². The largest absolute Gasteiger partial charge is 0.488 e. The van der Waals surface area contributed by atoms with Crippen molar-refractivity contribution in [3.05, 3.63) is 58.9 Å². The van der Waals surface area contributed by atoms with Crippen molar-refractivity contribution in [2.75, 3.05) is 19.4 Å². The summed E-state index contributed by atoms with van der Waals surface area (Å²) in [6, 6.07) is 9.38. The molecule has 7 nitrogen and oxygen atoms in total. The molecular weight excluding hydrogens is 389 g/mol. The maximum atomic E-state index is 14.4. The van der Waals surface area contributed by atoms with E-state index in [0.29, 0.717) is 34.4 Å². The lowest BCUT2D eigenvalue weighted by Crippen LogP contribution is -2.37. The van der Waals surface area contributed by atoms with Crippen molar-refractivity contribution in [2.24, 2.45) is 0 Å². The van der Waals surface area contributed by atoms with E-state index in [9.17, 15) is 18.8 Å². The Kier molecular flexibility index (Phi) is 6.66. The first-order valence-corrected chi connectivity index (χ1v) is 9.66. The van der Waals surface area contributed by atoms with Gasteiger partial charge in [0, 0.05) is 37.2 Å². The van der Waals surface area contributed by atoms with Crippen molar-refractivity contribution in [3.63, 3.8) is 0 Å². The quantitative estimate of drug-likeness (QED) is 0.617. The zero-order valence-corrected chi connectivity index (χ0v) is 16.9. The molecule has 8 heteroatoms. The van der Waals surface area contributed by atoms with Crippen molar-refractivity contribution in [3.8, 4) is 5.75 Å². The predicted molar refractivity (Wildman–Crippen MR) is 110 cm³/mol. The number of aldehydes is 1. The number of amides is 2. The highest BCUT2D eigenvalue weighted by atomic mass is 19.1. The number of fused-ring (bicyclic) bond motifs is 1. The van der Waals surface area contributed by atoms with Crippen LogP contribution < -0.4 is 15.4 Å². The van der Waals surface area contributed by atoms with Crippen LogP contribution in [0.1, 0.15) is 34.3 Å². The fourth-order valence-electron chi connectivity index (χ4n) is 3.47. The third-order valence-electron chi connectivity index (χ3n) is 5.19. The number of anilines is 1. The second-order valence-corrected chi connectivity index (χ2v) is 6.95. The van der Waals surface area contributed by atoms with Crippen molar-refractivity contribution in [2.45, 2.75) is 32.0 Å². The van der Waals surface area contributed by atoms with Gasteiger partial charge in [-0.1, -0.05) is 18.2 Å². The number of hydrogen-bond donors (Lipinski definition) is 2. The van der Waals surface area contributed by atoms with E-state index in [0.717, 1.165) is 0 Å². The molecule has 0 radical (unpaired) electrons. The summed E-state index contributed by atoms with van der Waals surface area (Å²) in [5.41, 5.74) is 1.86. The molecule has 0 aliphatic carbocycles. The smallest absolute Gasteiger partial charge is 0.255 e. The van der Waals surface area contributed by atoms with Crippen molar-refractivity contribution in [1.29, 1.82) is 0 Å². The van der Waals surface area contributed by atoms with E-state index in [-0.39, 0.29) is 43.6 Å². The Bertz CT molecular complexity index is 963. The van der Waals surface area contributed by atoms with Gasteiger partial charge in [-0.15, -0.1) is 0 Å². The molecule has 1 unspecified atom stereocenters. The van der Waals surface area contributed by atoms with Gasteiger partial charge in [-0.2, -0.15) is 0 Å². The highest BCUT2D eigenvalue weighted by molar-refractivity contribution is 6.00. The predicted octanol–water partition coefficient (Wildman–Crippen LogP) is 2.50. The lowest BCUT2D eigenvalue weighted by atomic mass is 10.1. The van der Waals surface area contributed by atoms with E-state index in [4.69, 9.17) is 4.74 Å². The first-order valence-electron chi connectivity index (χ1n) is 9.66. The molecule has 1 aliphatic rings. The van der Waals surface area contributed by atoms with Crippen molar-refractivity contribution >= 4 is 23.8 Å². The summed E-state index contributed by atoms with van der Waals surface area (Å²) in [6.07, 6.45) is 1.07. The standard InChI is InChI=1S/C22H24FN3O4/c1-24-18-7-3-5-14(21(18)23)13-30-19-8-4-6-16-17(19)11-26(22(16)29)15(12-27)9-10-20(28)25-2/h3-8,12,15,24H,9-11,13H2,1-2H3,(H,25,28). The zero-order valence-electron chi connectivity index (χ0n) is 16.9. The number of carbonyl (C=O) groups is 3. The van der Waals surface area contributed by atoms with Crippen LogP contribution in [0.2, 0.25) is 0 Å². The van der Waals surface area contributed by atoms with Crippen molar-refractivity contribution < 1.29 is 23.5 Å². The number of ether oxygens (including phenoxy) is 1. The lowest BCUT2D eigenvalue weighted by Gasteiger charge is -2.22. The summed E-state index contributed by atoms with van der Waals surface area (Å²) in [7, 11) is 3.16. The molecule has 3 rings (SSSR count). The Hall–Kier alpha value is -3.42. The number of nitrogens with one attached hydrogen (secondary N) is 2. The molecule has 1 aliphatic heterocycles. The van der Waals surface area contributed by atoms with Gasteiger partial charge in [-0.25, -0.2) is 4.39 Å². The van der Waals surface area contributed by atoms with Gasteiger partial charge in [0.15, 0.2) is 5.82 Å². The SMILES string of the molecule is CNC(=O)CCC(C=O)N1Cc2c(OCc3cccc(NC)c3F)cccc2C1=O. The molecule has 2 N–H and O–H groups in total. The summed E-state index contributed by atoms with van der Waals surface area (Å²) in [5, 5.41) is 5.29. The number of rotatable bonds is 9. The van der Waals surface area contributed by atoms with Gasteiger partial charge >= 0.3 is 0 Å². The topological polar surface area (TPSA) is 87.7 Å². The molecule has 0 saturated carbocycles.